The summed E-state index contributed by atoms with van der Waals surface area (Å²) in [5.74, 6) is 1.39. The van der Waals surface area contributed by atoms with E-state index in [1.807, 2.05) is 37.4 Å². The fourth-order valence-electron chi connectivity index (χ4n) is 4.53. The Kier molecular flexibility index (Phi) is 5.43. The van der Waals surface area contributed by atoms with Crippen molar-refractivity contribution in [3.8, 4) is 11.8 Å². The second-order valence-corrected chi connectivity index (χ2v) is 8.17. The second kappa shape index (κ2) is 8.16. The third-order valence-corrected chi connectivity index (χ3v) is 6.34. The number of guanidine groups is 1. The summed E-state index contributed by atoms with van der Waals surface area (Å²) in [4.78, 5) is 6.86. The number of nitrogens with zero attached hydrogens (tertiary/aromatic N) is 5. The van der Waals surface area contributed by atoms with E-state index in [0.717, 1.165) is 43.4 Å². The third-order valence-electron chi connectivity index (χ3n) is 6.34. The molecule has 1 aliphatic carbocycles. The van der Waals surface area contributed by atoms with Gasteiger partial charge in [0, 0.05) is 26.7 Å². The molecular weight excluding hydrogens is 362 g/mol. The summed E-state index contributed by atoms with van der Waals surface area (Å²) < 4.78 is 1.66. The maximum absolute atomic E-state index is 9.54. The molecule has 1 spiro atoms. The highest BCUT2D eigenvalue weighted by atomic mass is 15.3. The van der Waals surface area contributed by atoms with Gasteiger partial charge in [-0.2, -0.15) is 10.4 Å². The fourth-order valence-corrected chi connectivity index (χ4v) is 4.53. The van der Waals surface area contributed by atoms with Crippen LogP contribution in [0.1, 0.15) is 43.4 Å². The van der Waals surface area contributed by atoms with Gasteiger partial charge in [0.2, 0.25) is 0 Å². The smallest absolute Gasteiger partial charge is 0.193 e. The first kappa shape index (κ1) is 19.3. The lowest BCUT2D eigenvalue weighted by Gasteiger charge is -2.38. The summed E-state index contributed by atoms with van der Waals surface area (Å²) >= 11 is 0. The van der Waals surface area contributed by atoms with Crippen LogP contribution in [0.15, 0.2) is 35.3 Å². The number of rotatable bonds is 5. The predicted octanol–water partition coefficient (Wildman–Crippen LogP) is 2.71. The van der Waals surface area contributed by atoms with Gasteiger partial charge in [0.25, 0.3) is 0 Å². The zero-order valence-electron chi connectivity index (χ0n) is 17.1. The van der Waals surface area contributed by atoms with Crippen molar-refractivity contribution in [1.82, 2.24) is 20.0 Å². The molecule has 0 amide bonds. The number of likely N-dealkylation sites (tertiary alicyclic amines) is 1. The zero-order valence-corrected chi connectivity index (χ0v) is 17.1. The maximum Gasteiger partial charge on any atom is 0.193 e. The quantitative estimate of drug-likeness (QED) is 0.464. The van der Waals surface area contributed by atoms with E-state index in [9.17, 15) is 5.26 Å². The number of nitrogen functional groups attached to an aromatic ring is 1. The molecule has 0 atom stereocenters. The van der Waals surface area contributed by atoms with Crippen molar-refractivity contribution in [1.29, 1.82) is 5.26 Å². The number of nitrogens with two attached hydrogens (primary N) is 1. The third kappa shape index (κ3) is 3.80. The van der Waals surface area contributed by atoms with Crippen molar-refractivity contribution in [2.45, 2.75) is 38.5 Å². The topological polar surface area (TPSA) is 95.3 Å². The van der Waals surface area contributed by atoms with Crippen LogP contribution in [-0.4, -0.2) is 47.3 Å². The number of aliphatic imine (C=N–C) groups is 1. The molecule has 3 N–H and O–H groups in total. The summed E-state index contributed by atoms with van der Waals surface area (Å²) in [7, 11) is 1.85. The van der Waals surface area contributed by atoms with Gasteiger partial charge >= 0.3 is 0 Å². The molecule has 7 nitrogen and oxygen atoms in total. The van der Waals surface area contributed by atoms with E-state index in [4.69, 9.17) is 5.73 Å². The largest absolute Gasteiger partial charge is 0.382 e. The van der Waals surface area contributed by atoms with Gasteiger partial charge in [-0.15, -0.1) is 0 Å². The van der Waals surface area contributed by atoms with E-state index in [0.29, 0.717) is 23.2 Å². The molecule has 29 heavy (non-hydrogen) atoms. The molecule has 0 radical (unpaired) electrons. The lowest BCUT2D eigenvalue weighted by molar-refractivity contribution is 0.151. The lowest BCUT2D eigenvalue weighted by Crippen LogP contribution is -2.42. The maximum atomic E-state index is 9.54. The standard InChI is InChI=1S/C22H29N7/c1-25-21(28-14-12-22(16-28)10-6-11-22)26-13-5-9-19-18(15-23)20(24)29(27-19)17-7-3-2-4-8-17/h2-4,7-8H,5-6,9-14,16,24H2,1H3,(H,25,26). The van der Waals surface area contributed by atoms with Gasteiger partial charge in [0.05, 0.1) is 11.4 Å². The molecule has 2 heterocycles. The summed E-state index contributed by atoms with van der Waals surface area (Å²) in [6.07, 6.45) is 6.94. The minimum atomic E-state index is 0.403. The number of anilines is 1. The van der Waals surface area contributed by atoms with Crippen molar-refractivity contribution >= 4 is 11.8 Å². The van der Waals surface area contributed by atoms with Crippen molar-refractivity contribution in [2.24, 2.45) is 10.4 Å². The van der Waals surface area contributed by atoms with Crippen molar-refractivity contribution in [3.05, 3.63) is 41.6 Å². The average Bonchev–Trinajstić information content (AvgIpc) is 3.31. The zero-order chi connectivity index (χ0) is 20.3. The molecule has 0 bridgehead atoms. The molecular formula is C22H29N7. The molecule has 7 heteroatoms. The number of hydrogen-bond donors (Lipinski definition) is 2. The first-order chi connectivity index (χ1) is 14.2. The summed E-state index contributed by atoms with van der Waals surface area (Å²) in [6, 6.07) is 11.9. The highest BCUT2D eigenvalue weighted by Gasteiger charge is 2.43. The Bertz CT molecular complexity index is 919. The number of aromatic nitrogens is 2. The van der Waals surface area contributed by atoms with Crippen molar-refractivity contribution in [3.63, 3.8) is 0 Å². The number of aryl methyl sites for hydroxylation is 1. The minimum absolute atomic E-state index is 0.403. The van der Waals surface area contributed by atoms with E-state index in [2.05, 4.69) is 26.4 Å². The van der Waals surface area contributed by atoms with Gasteiger partial charge in [0.15, 0.2) is 5.96 Å². The number of para-hydroxylation sites is 1. The Balaban J connectivity index is 1.34. The average molecular weight is 392 g/mol. The normalized spacial score (nSPS) is 17.9. The summed E-state index contributed by atoms with van der Waals surface area (Å²) in [6.45, 7) is 3.01. The van der Waals surface area contributed by atoms with Gasteiger partial charge in [-0.3, -0.25) is 4.99 Å². The Hall–Kier alpha value is -3.01. The van der Waals surface area contributed by atoms with E-state index in [-0.39, 0.29) is 0 Å². The van der Waals surface area contributed by atoms with Crippen LogP contribution in [0.4, 0.5) is 5.82 Å². The summed E-state index contributed by atoms with van der Waals surface area (Å²) in [5.41, 5.74) is 8.83. The Morgan fingerprint density at radius 3 is 2.72 bits per heavy atom. The first-order valence-corrected chi connectivity index (χ1v) is 10.4. The fraction of sp³-hybridized carbons (Fsp3) is 0.500. The molecule has 2 fully saturated rings. The van der Waals surface area contributed by atoms with E-state index >= 15 is 0 Å². The molecule has 1 saturated heterocycles. The number of nitriles is 1. The number of benzene rings is 1. The van der Waals surface area contributed by atoms with Gasteiger partial charge in [-0.1, -0.05) is 24.6 Å². The van der Waals surface area contributed by atoms with Crippen LogP contribution in [0, 0.1) is 16.7 Å². The molecule has 1 saturated carbocycles. The molecule has 2 aromatic rings. The van der Waals surface area contributed by atoms with E-state index in [1.165, 1.54) is 25.7 Å². The molecule has 1 aromatic heterocycles. The van der Waals surface area contributed by atoms with E-state index in [1.54, 1.807) is 4.68 Å². The molecule has 4 rings (SSSR count). The van der Waals surface area contributed by atoms with Gasteiger partial charge < -0.3 is 16.0 Å². The Labute approximate surface area is 172 Å². The lowest BCUT2D eigenvalue weighted by atomic mass is 9.68. The molecule has 1 aromatic carbocycles. The summed E-state index contributed by atoms with van der Waals surface area (Å²) in [5, 5.41) is 17.6. The monoisotopic (exact) mass is 391 g/mol. The number of nitrogens with one attached hydrogen (secondary N) is 1. The molecule has 152 valence electrons. The van der Waals surface area contributed by atoms with Crippen LogP contribution in [-0.2, 0) is 6.42 Å². The van der Waals surface area contributed by atoms with Crippen LogP contribution in [0.25, 0.3) is 5.69 Å². The van der Waals surface area contributed by atoms with Gasteiger partial charge in [-0.25, -0.2) is 4.68 Å². The highest BCUT2D eigenvalue weighted by Crippen LogP contribution is 2.47. The molecule has 1 aliphatic heterocycles. The van der Waals surface area contributed by atoms with Crippen molar-refractivity contribution < 1.29 is 0 Å². The Morgan fingerprint density at radius 2 is 2.10 bits per heavy atom. The number of hydrogen-bond acceptors (Lipinski definition) is 4. The van der Waals surface area contributed by atoms with Crippen LogP contribution < -0.4 is 11.1 Å². The van der Waals surface area contributed by atoms with Crippen LogP contribution >= 0.6 is 0 Å². The van der Waals surface area contributed by atoms with Crippen LogP contribution in [0.2, 0.25) is 0 Å². The second-order valence-electron chi connectivity index (χ2n) is 8.17. The molecule has 0 unspecified atom stereocenters. The van der Waals surface area contributed by atoms with Crippen molar-refractivity contribution in [2.75, 3.05) is 32.4 Å². The highest BCUT2D eigenvalue weighted by molar-refractivity contribution is 5.80. The van der Waals surface area contributed by atoms with Gasteiger partial charge in [0.1, 0.15) is 17.5 Å². The Morgan fingerprint density at radius 1 is 1.31 bits per heavy atom. The van der Waals surface area contributed by atoms with Gasteiger partial charge in [-0.05, 0) is 49.7 Å². The predicted molar refractivity (Wildman–Crippen MR) is 115 cm³/mol. The van der Waals surface area contributed by atoms with Crippen LogP contribution in [0.5, 0.6) is 0 Å². The SMILES string of the molecule is CN=C(NCCCc1nn(-c2ccccc2)c(N)c1C#N)N1CCC2(CCC2)C1. The van der Waals surface area contributed by atoms with E-state index < -0.39 is 0 Å². The first-order valence-electron chi connectivity index (χ1n) is 10.4. The molecule has 2 aliphatic rings. The van der Waals surface area contributed by atoms with Crippen LogP contribution in [0.3, 0.4) is 0 Å². The minimum Gasteiger partial charge on any atom is -0.382 e.